The lowest BCUT2D eigenvalue weighted by atomic mass is 9.71. The van der Waals surface area contributed by atoms with Crippen LogP contribution < -0.4 is 0 Å². The second-order valence-corrected chi connectivity index (χ2v) is 5.81. The van der Waals surface area contributed by atoms with Crippen molar-refractivity contribution in [1.82, 2.24) is 9.88 Å². The van der Waals surface area contributed by atoms with Gasteiger partial charge in [0.2, 0.25) is 0 Å². The lowest BCUT2D eigenvalue weighted by Crippen LogP contribution is -2.54. The monoisotopic (exact) mass is 264 g/mol. The molecule has 0 aliphatic heterocycles. The summed E-state index contributed by atoms with van der Waals surface area (Å²) in [6.07, 6.45) is 6.33. The molecule has 2 atom stereocenters. The Morgan fingerprint density at radius 2 is 2.26 bits per heavy atom. The summed E-state index contributed by atoms with van der Waals surface area (Å²) in [5, 5.41) is 0. The topological polar surface area (TPSA) is 33.2 Å². The molecule has 1 saturated carbocycles. The zero-order valence-corrected chi connectivity index (χ0v) is 11.8. The van der Waals surface area contributed by atoms with Gasteiger partial charge in [-0.05, 0) is 38.9 Å². The molecular formula is C15H21FN2O. The number of halogens is 1. The Balaban J connectivity index is 2.40. The average Bonchev–Trinajstić information content (AvgIpc) is 2.38. The molecule has 19 heavy (non-hydrogen) atoms. The van der Waals surface area contributed by atoms with Crippen LogP contribution in [0.1, 0.15) is 43.0 Å². The van der Waals surface area contributed by atoms with Crippen LogP contribution in [0.15, 0.2) is 18.5 Å². The van der Waals surface area contributed by atoms with Crippen molar-refractivity contribution in [2.24, 2.45) is 5.92 Å². The molecule has 1 aliphatic carbocycles. The lowest BCUT2D eigenvalue weighted by molar-refractivity contribution is 0.0482. The highest BCUT2D eigenvalue weighted by atomic mass is 19.1. The molecule has 0 spiro atoms. The van der Waals surface area contributed by atoms with Gasteiger partial charge in [-0.25, -0.2) is 4.39 Å². The largest absolute Gasteiger partial charge is 0.297 e. The van der Waals surface area contributed by atoms with E-state index in [-0.39, 0.29) is 11.3 Å². The van der Waals surface area contributed by atoms with Gasteiger partial charge in [0.1, 0.15) is 0 Å². The Morgan fingerprint density at radius 1 is 1.53 bits per heavy atom. The third-order valence-corrected chi connectivity index (χ3v) is 4.27. The van der Waals surface area contributed by atoms with Crippen LogP contribution in [0.3, 0.4) is 0 Å². The summed E-state index contributed by atoms with van der Waals surface area (Å²) in [4.78, 5) is 18.5. The molecule has 4 heteroatoms. The van der Waals surface area contributed by atoms with Crippen LogP contribution in [0, 0.1) is 11.7 Å². The van der Waals surface area contributed by atoms with Crippen molar-refractivity contribution in [3.8, 4) is 0 Å². The molecule has 0 radical (unpaired) electrons. The molecule has 2 rings (SSSR count). The molecule has 0 saturated heterocycles. The van der Waals surface area contributed by atoms with Crippen molar-refractivity contribution in [1.29, 1.82) is 0 Å². The van der Waals surface area contributed by atoms with Gasteiger partial charge >= 0.3 is 0 Å². The number of rotatable bonds is 3. The molecule has 0 bridgehead atoms. The molecule has 0 amide bonds. The smallest absolute Gasteiger partial charge is 0.186 e. The summed E-state index contributed by atoms with van der Waals surface area (Å²) < 4.78 is 13.8. The van der Waals surface area contributed by atoms with Crippen LogP contribution in [0.5, 0.6) is 0 Å². The molecule has 1 aliphatic rings. The van der Waals surface area contributed by atoms with Gasteiger partial charge in [0.05, 0.1) is 17.3 Å². The first-order valence-electron chi connectivity index (χ1n) is 6.79. The predicted molar refractivity (Wildman–Crippen MR) is 72.6 cm³/mol. The van der Waals surface area contributed by atoms with Crippen LogP contribution in [-0.4, -0.2) is 35.3 Å². The number of pyridine rings is 1. The van der Waals surface area contributed by atoms with E-state index in [1.165, 1.54) is 12.3 Å². The van der Waals surface area contributed by atoms with Crippen molar-refractivity contribution in [3.63, 3.8) is 0 Å². The maximum atomic E-state index is 13.8. The first-order valence-corrected chi connectivity index (χ1v) is 6.79. The fraction of sp³-hybridized carbons (Fsp3) is 0.600. The molecule has 0 N–H and O–H groups in total. The van der Waals surface area contributed by atoms with E-state index in [9.17, 15) is 9.18 Å². The van der Waals surface area contributed by atoms with E-state index in [0.717, 1.165) is 31.9 Å². The zero-order valence-electron chi connectivity index (χ0n) is 11.8. The average molecular weight is 264 g/mol. The second kappa shape index (κ2) is 5.37. The minimum atomic E-state index is -0.570. The summed E-state index contributed by atoms with van der Waals surface area (Å²) in [5.41, 5.74) is -0.405. The van der Waals surface area contributed by atoms with Gasteiger partial charge in [0.15, 0.2) is 11.6 Å². The number of ketones is 1. The maximum absolute atomic E-state index is 13.8. The molecule has 3 nitrogen and oxygen atoms in total. The molecule has 1 fully saturated rings. The molecule has 1 aromatic rings. The molecule has 0 aromatic carbocycles. The van der Waals surface area contributed by atoms with Crippen molar-refractivity contribution in [2.45, 2.75) is 38.1 Å². The Hall–Kier alpha value is -1.29. The summed E-state index contributed by atoms with van der Waals surface area (Å²) >= 11 is 0. The number of hydrogen-bond donors (Lipinski definition) is 0. The minimum absolute atomic E-state index is 0.107. The van der Waals surface area contributed by atoms with Crippen LogP contribution in [0.25, 0.3) is 0 Å². The highest BCUT2D eigenvalue weighted by Crippen LogP contribution is 2.38. The van der Waals surface area contributed by atoms with Crippen molar-refractivity contribution >= 4 is 5.78 Å². The number of hydrogen-bond acceptors (Lipinski definition) is 3. The Kier molecular flexibility index (Phi) is 3.99. The van der Waals surface area contributed by atoms with Gasteiger partial charge in [0.25, 0.3) is 0 Å². The summed E-state index contributed by atoms with van der Waals surface area (Å²) in [6.45, 7) is 2.16. The number of nitrogens with zero attached hydrogens (tertiary/aromatic N) is 2. The van der Waals surface area contributed by atoms with Crippen molar-refractivity contribution in [3.05, 3.63) is 29.8 Å². The molecule has 2 unspecified atom stereocenters. The first kappa shape index (κ1) is 14.1. The SMILES string of the molecule is CC1CCCC(C(=O)c2ccncc2F)(N(C)C)C1. The van der Waals surface area contributed by atoms with Crippen molar-refractivity contribution in [2.75, 3.05) is 14.1 Å². The highest BCUT2D eigenvalue weighted by molar-refractivity contribution is 6.03. The third-order valence-electron chi connectivity index (χ3n) is 4.27. The fourth-order valence-electron chi connectivity index (χ4n) is 3.15. The number of likely N-dealkylation sites (N-methyl/N-ethyl adjacent to an activating group) is 1. The van der Waals surface area contributed by atoms with Gasteiger partial charge in [-0.1, -0.05) is 19.8 Å². The first-order chi connectivity index (χ1) is 8.97. The zero-order chi connectivity index (χ0) is 14.0. The maximum Gasteiger partial charge on any atom is 0.186 e. The van der Waals surface area contributed by atoms with Gasteiger partial charge in [-0.3, -0.25) is 14.7 Å². The molecular weight excluding hydrogens is 243 g/mol. The Morgan fingerprint density at radius 3 is 2.84 bits per heavy atom. The number of Topliss-reactive ketones (excluding diaryl/α,β-unsaturated/α-hetero) is 1. The molecule has 1 heterocycles. The van der Waals surface area contributed by atoms with Crippen LogP contribution in [0.2, 0.25) is 0 Å². The van der Waals surface area contributed by atoms with Gasteiger partial charge in [-0.2, -0.15) is 0 Å². The fourth-order valence-corrected chi connectivity index (χ4v) is 3.15. The molecule has 1 aromatic heterocycles. The number of aromatic nitrogens is 1. The summed E-state index contributed by atoms with van der Waals surface area (Å²) in [6, 6.07) is 1.49. The van der Waals surface area contributed by atoms with E-state index in [0.29, 0.717) is 5.92 Å². The Labute approximate surface area is 113 Å². The lowest BCUT2D eigenvalue weighted by Gasteiger charge is -2.43. The van der Waals surface area contributed by atoms with E-state index < -0.39 is 11.4 Å². The van der Waals surface area contributed by atoms with E-state index >= 15 is 0 Å². The van der Waals surface area contributed by atoms with Crippen molar-refractivity contribution < 1.29 is 9.18 Å². The number of carbonyl (C=O) groups excluding carboxylic acids is 1. The van der Waals surface area contributed by atoms with Crippen LogP contribution in [0.4, 0.5) is 4.39 Å². The predicted octanol–water partition coefficient (Wildman–Crippen LogP) is 2.91. The normalized spacial score (nSPS) is 27.5. The van der Waals surface area contributed by atoms with E-state index in [4.69, 9.17) is 0 Å². The van der Waals surface area contributed by atoms with Gasteiger partial charge in [-0.15, -0.1) is 0 Å². The van der Waals surface area contributed by atoms with Crippen LogP contribution in [-0.2, 0) is 0 Å². The van der Waals surface area contributed by atoms with Crippen LogP contribution >= 0.6 is 0 Å². The standard InChI is InChI=1S/C15H21FN2O/c1-11-5-4-7-15(9-11,18(2)3)14(19)12-6-8-17-10-13(12)16/h6,8,10-11H,4-5,7,9H2,1-3H3. The summed E-state index contributed by atoms with van der Waals surface area (Å²) in [5.74, 6) is -0.138. The Bertz CT molecular complexity index is 475. The minimum Gasteiger partial charge on any atom is -0.297 e. The van der Waals surface area contributed by atoms with Gasteiger partial charge in [0, 0.05) is 6.20 Å². The van der Waals surface area contributed by atoms with E-state index in [1.54, 1.807) is 0 Å². The molecule has 104 valence electrons. The highest BCUT2D eigenvalue weighted by Gasteiger charge is 2.44. The van der Waals surface area contributed by atoms with Gasteiger partial charge < -0.3 is 0 Å². The third kappa shape index (κ3) is 2.54. The van der Waals surface area contributed by atoms with E-state index in [1.807, 2.05) is 19.0 Å². The summed E-state index contributed by atoms with van der Waals surface area (Å²) in [7, 11) is 3.82. The number of carbonyl (C=O) groups is 1. The second-order valence-electron chi connectivity index (χ2n) is 5.81. The van der Waals surface area contributed by atoms with E-state index in [2.05, 4.69) is 11.9 Å². The quantitative estimate of drug-likeness (QED) is 0.787.